The molecule has 0 rings (SSSR count). The summed E-state index contributed by atoms with van der Waals surface area (Å²) in [6.45, 7) is 4.40. The van der Waals surface area contributed by atoms with Crippen molar-refractivity contribution in [3.05, 3.63) is 50.6 Å². The number of halogens is 10. The van der Waals surface area contributed by atoms with E-state index in [9.17, 15) is 92.0 Å². The molecule has 0 heterocycles. The molecule has 80 heavy (non-hydrogen) atoms. The highest BCUT2D eigenvalue weighted by Gasteiger charge is 2.68. The number of ether oxygens (including phenoxy) is 10. The van der Waals surface area contributed by atoms with Gasteiger partial charge in [0, 0.05) is 30.7 Å². The molecule has 0 bridgehead atoms. The van der Waals surface area contributed by atoms with Gasteiger partial charge in [0.25, 0.3) is 5.91 Å². The number of hydrogen-bond acceptors (Lipinski definition) is 21. The molecule has 0 saturated carbocycles. The number of alkyl halides is 9. The molecule has 0 aliphatic heterocycles. The Hall–Kier alpha value is -7.76. The van der Waals surface area contributed by atoms with Crippen molar-refractivity contribution in [3.63, 3.8) is 0 Å². The lowest BCUT2D eigenvalue weighted by Crippen LogP contribution is -2.63. The Morgan fingerprint density at radius 3 is 1.18 bits per heavy atom. The minimum absolute atomic E-state index is 0. The molecule has 0 aromatic carbocycles. The first kappa shape index (κ1) is 88.8. The Kier molecular flexibility index (Phi) is 51.3. The molecule has 5 amide bonds. The Labute approximate surface area is 454 Å². The molecule has 0 atom stereocenters. The number of rotatable bonds is 35. The van der Waals surface area contributed by atoms with Crippen LogP contribution < -0.4 is 26.6 Å². The standard InChI is InChI=1S/C28H32F9N3O16.C10H15FN2O5.6CH4/c1-4-17(41)48-11-7-8-20(44)51-14-24(15-52-22(46)38-9-12-49-18(42)5-2,16-53-23(47)39-10-13-50-19(43)6-3)40-21(45)25(29,30)54-28(35,36)55-26(31,32)27(33,34)56-37;1-2-9(15)17-5-4-13-10(16)18-6-3-12-8(14)7-11;;;;;;/h4-6H,1-3,7-16H2,(H,38,46)(H,39,47)(H,40,45);2H,1,3-7H2,(H,12,14)(H,13,16);6*1H4. The minimum Gasteiger partial charge on any atom is -0.463 e. The normalized spacial score (nSPS) is 10.4. The lowest BCUT2D eigenvalue weighted by Gasteiger charge is -2.34. The fraction of sp³-hybridized carbons (Fsp3) is 0.591. The average molecular weight is 1200 g/mol. The topological polar surface area (TPSA) is 332 Å². The van der Waals surface area contributed by atoms with Crippen LogP contribution in [0.4, 0.5) is 58.4 Å². The van der Waals surface area contributed by atoms with E-state index in [1.165, 1.54) is 10.3 Å². The van der Waals surface area contributed by atoms with Gasteiger partial charge in [0.1, 0.15) is 51.8 Å². The van der Waals surface area contributed by atoms with Gasteiger partial charge in [0.15, 0.2) is 6.67 Å². The fourth-order valence-electron chi connectivity index (χ4n) is 3.79. The third-order valence-corrected chi connectivity index (χ3v) is 7.10. The molecule has 0 saturated heterocycles. The molecule has 36 heteroatoms. The molecule has 26 nitrogen and oxygen atoms in total. The molecule has 5 N–H and O–H groups in total. The molecule has 0 aromatic rings. The van der Waals surface area contributed by atoms with Crippen molar-refractivity contribution in [2.75, 3.05) is 85.7 Å². The van der Waals surface area contributed by atoms with Gasteiger partial charge in [-0.3, -0.25) is 14.4 Å². The van der Waals surface area contributed by atoms with Crippen LogP contribution >= 0.6 is 0 Å². The van der Waals surface area contributed by atoms with Crippen LogP contribution in [0, 0.1) is 0 Å². The van der Waals surface area contributed by atoms with Crippen LogP contribution in [0.1, 0.15) is 57.4 Å². The first-order chi connectivity index (χ1) is 34.5. The van der Waals surface area contributed by atoms with Gasteiger partial charge in [-0.1, -0.05) is 70.9 Å². The van der Waals surface area contributed by atoms with Crippen LogP contribution in [-0.4, -0.2) is 176 Å². The molecular weight excluding hydrogens is 1120 g/mol. The number of carbonyl (C=O) groups is 10. The largest absolute Gasteiger partial charge is 0.495 e. The van der Waals surface area contributed by atoms with Crippen LogP contribution in [0.3, 0.4) is 0 Å². The van der Waals surface area contributed by atoms with Crippen molar-refractivity contribution in [2.45, 2.75) is 87.6 Å². The van der Waals surface area contributed by atoms with Crippen LogP contribution in [0.2, 0.25) is 0 Å². The maximum absolute atomic E-state index is 14.7. The van der Waals surface area contributed by atoms with Crippen molar-refractivity contribution in [2.24, 2.45) is 0 Å². The van der Waals surface area contributed by atoms with Gasteiger partial charge in [-0.05, 0) is 10.9 Å². The van der Waals surface area contributed by atoms with Crippen molar-refractivity contribution < 1.29 is 144 Å². The van der Waals surface area contributed by atoms with E-state index in [0.29, 0.717) is 0 Å². The summed E-state index contributed by atoms with van der Waals surface area (Å²) in [6.07, 6.45) is -27.4. The molecule has 0 radical (unpaired) electrons. The lowest BCUT2D eigenvalue weighted by molar-refractivity contribution is -0.562. The first-order valence-electron chi connectivity index (χ1n) is 19.9. The summed E-state index contributed by atoms with van der Waals surface area (Å²) in [4.78, 5) is 117. The Bertz CT molecular complexity index is 1830. The van der Waals surface area contributed by atoms with E-state index in [0.717, 1.165) is 24.3 Å². The third-order valence-electron chi connectivity index (χ3n) is 7.10. The smallest absolute Gasteiger partial charge is 0.463 e. The highest BCUT2D eigenvalue weighted by molar-refractivity contribution is 5.84. The van der Waals surface area contributed by atoms with Crippen LogP contribution in [-0.2, 0) is 85.9 Å². The van der Waals surface area contributed by atoms with Crippen molar-refractivity contribution in [3.8, 4) is 0 Å². The average Bonchev–Trinajstić information content (AvgIpc) is 3.34. The van der Waals surface area contributed by atoms with E-state index in [1.54, 1.807) is 0 Å². The molecule has 0 aromatic heterocycles. The Balaban J connectivity index is -0.000000308. The van der Waals surface area contributed by atoms with Crippen molar-refractivity contribution >= 4 is 59.9 Å². The number of esters is 5. The second kappa shape index (κ2) is 46.2. The molecule has 0 aliphatic carbocycles. The van der Waals surface area contributed by atoms with E-state index in [-0.39, 0.29) is 77.3 Å². The molecular formula is C44H71F10N5O21. The quantitative estimate of drug-likeness (QED) is 0.0132. The predicted octanol–water partition coefficient (Wildman–Crippen LogP) is 5.41. The summed E-state index contributed by atoms with van der Waals surface area (Å²) in [5, 5.41) is 9.56. The number of nitrogens with one attached hydrogen (secondary N) is 5. The Morgan fingerprint density at radius 2 is 0.800 bits per heavy atom. The zero-order valence-electron chi connectivity index (χ0n) is 38.1. The second-order valence-corrected chi connectivity index (χ2v) is 12.8. The zero-order chi connectivity index (χ0) is 57.0. The summed E-state index contributed by atoms with van der Waals surface area (Å²) in [5.74, 6) is -8.61. The van der Waals surface area contributed by atoms with E-state index < -0.39 is 156 Å². The van der Waals surface area contributed by atoms with Gasteiger partial charge < -0.3 is 64.5 Å². The first-order valence-corrected chi connectivity index (χ1v) is 19.9. The van der Waals surface area contributed by atoms with Gasteiger partial charge in [0.2, 0.25) is 0 Å². The monoisotopic (exact) mass is 1200 g/mol. The van der Waals surface area contributed by atoms with Gasteiger partial charge in [-0.25, -0.2) is 47.4 Å². The van der Waals surface area contributed by atoms with Gasteiger partial charge in [-0.15, -0.1) is 13.7 Å². The molecule has 0 spiro atoms. The summed E-state index contributed by atoms with van der Waals surface area (Å²) in [7, 11) is 0. The third kappa shape index (κ3) is 41.4. The molecule has 0 unspecified atom stereocenters. The number of hydrogen-bond donors (Lipinski definition) is 5. The SMILES string of the molecule is C.C.C.C.C.C.C=CC(=O)OCCCC(=O)OCC(COC(=O)NCCOC(=O)C=C)(COC(=O)NCCOC(=O)C=C)NC(=O)C(F)(F)OC(F)(F)OC(F)(F)C(F)(F)OF.C=CC(=O)OCCNC(=O)OCCNC(=O)CF. The summed E-state index contributed by atoms with van der Waals surface area (Å²) in [6, 6.07) is 0. The highest BCUT2D eigenvalue weighted by atomic mass is 19.4. The van der Waals surface area contributed by atoms with Gasteiger partial charge in [-0.2, -0.15) is 26.3 Å². The van der Waals surface area contributed by atoms with Crippen LogP contribution in [0.15, 0.2) is 50.6 Å². The maximum atomic E-state index is 14.7. The molecule has 468 valence electrons. The van der Waals surface area contributed by atoms with Crippen molar-refractivity contribution in [1.29, 1.82) is 0 Å². The number of carbonyl (C=O) groups excluding carboxylic acids is 10. The Morgan fingerprint density at radius 1 is 0.450 bits per heavy atom. The highest BCUT2D eigenvalue weighted by Crippen LogP contribution is 2.42. The van der Waals surface area contributed by atoms with E-state index in [1.807, 2.05) is 10.6 Å². The van der Waals surface area contributed by atoms with E-state index >= 15 is 0 Å². The number of alkyl carbamates (subject to hydrolysis) is 3. The van der Waals surface area contributed by atoms with Gasteiger partial charge in [0.05, 0.1) is 32.8 Å². The van der Waals surface area contributed by atoms with E-state index in [4.69, 9.17) is 14.2 Å². The van der Waals surface area contributed by atoms with Crippen molar-refractivity contribution in [1.82, 2.24) is 26.6 Å². The fourth-order valence-corrected chi connectivity index (χ4v) is 3.79. The van der Waals surface area contributed by atoms with Crippen LogP contribution in [0.25, 0.3) is 0 Å². The molecule has 0 aliphatic rings. The predicted molar refractivity (Wildman–Crippen MR) is 257 cm³/mol. The minimum atomic E-state index is -6.73. The zero-order valence-corrected chi connectivity index (χ0v) is 38.1. The number of amides is 5. The second-order valence-electron chi connectivity index (χ2n) is 12.8. The lowest BCUT2D eigenvalue weighted by atomic mass is 10.0. The molecule has 0 fully saturated rings. The summed E-state index contributed by atoms with van der Waals surface area (Å²) < 4.78 is 175. The summed E-state index contributed by atoms with van der Waals surface area (Å²) in [5.41, 5.74) is -3.01. The van der Waals surface area contributed by atoms with Gasteiger partial charge >= 0.3 is 78.7 Å². The van der Waals surface area contributed by atoms with E-state index in [2.05, 4.69) is 70.1 Å². The summed E-state index contributed by atoms with van der Waals surface area (Å²) >= 11 is 0. The van der Waals surface area contributed by atoms with Crippen LogP contribution in [0.5, 0.6) is 0 Å². The maximum Gasteiger partial charge on any atom is 0.495 e.